The average Bonchev–Trinajstić information content (AvgIpc) is 3.18. The summed E-state index contributed by atoms with van der Waals surface area (Å²) in [6, 6.07) is 3.71. The highest BCUT2D eigenvalue weighted by atomic mass is 32.1. The Labute approximate surface area is 178 Å². The fourth-order valence-corrected chi connectivity index (χ4v) is 3.69. The topological polar surface area (TPSA) is 107 Å². The van der Waals surface area contributed by atoms with E-state index < -0.39 is 23.5 Å². The van der Waals surface area contributed by atoms with E-state index in [1.54, 1.807) is 6.92 Å². The van der Waals surface area contributed by atoms with E-state index in [-0.39, 0.29) is 22.9 Å². The number of aliphatic hydroxyl groups excluding tert-OH is 1. The number of alkyl halides is 3. The number of hydrogen-bond acceptors (Lipinski definition) is 7. The van der Waals surface area contributed by atoms with Gasteiger partial charge in [-0.25, -0.2) is 0 Å². The summed E-state index contributed by atoms with van der Waals surface area (Å²) in [4.78, 5) is 0. The molecular weight excluding hydrogens is 417 g/mol. The lowest BCUT2D eigenvalue weighted by Crippen LogP contribution is -2.36. The van der Waals surface area contributed by atoms with Gasteiger partial charge in [-0.3, -0.25) is 5.73 Å². The molecule has 10 heteroatoms. The molecule has 2 aromatic rings. The molecule has 6 nitrogen and oxygen atoms in total. The first kappa shape index (κ1) is 24.5. The number of benzene rings is 1. The third kappa shape index (κ3) is 6.63. The number of rotatable bonds is 11. The predicted molar refractivity (Wildman–Crippen MR) is 111 cm³/mol. The van der Waals surface area contributed by atoms with Crippen molar-refractivity contribution < 1.29 is 23.0 Å². The summed E-state index contributed by atoms with van der Waals surface area (Å²) >= 11 is 1.03. The van der Waals surface area contributed by atoms with Crippen LogP contribution in [0.3, 0.4) is 0 Å². The lowest BCUT2D eigenvalue weighted by Gasteiger charge is -2.19. The van der Waals surface area contributed by atoms with Crippen molar-refractivity contribution in [2.45, 2.75) is 70.3 Å². The van der Waals surface area contributed by atoms with Gasteiger partial charge in [-0.15, -0.1) is 10.2 Å². The van der Waals surface area contributed by atoms with Crippen LogP contribution in [0, 0.1) is 0 Å². The SMILES string of the molecule is CCCCCCCC(N)Oc1ccc(-c2nnc([C@@](C)(N)CO)s2)cc1C(F)(F)F. The Hall–Kier alpha value is -1.75. The van der Waals surface area contributed by atoms with Gasteiger partial charge in [-0.2, -0.15) is 13.2 Å². The Morgan fingerprint density at radius 3 is 2.50 bits per heavy atom. The summed E-state index contributed by atoms with van der Waals surface area (Å²) in [7, 11) is 0. The first-order valence-electron chi connectivity index (χ1n) is 9.96. The van der Waals surface area contributed by atoms with Gasteiger partial charge in [0.25, 0.3) is 0 Å². The van der Waals surface area contributed by atoms with Gasteiger partial charge in [0.05, 0.1) is 17.7 Å². The maximum absolute atomic E-state index is 13.6. The predicted octanol–water partition coefficient (Wildman–Crippen LogP) is 4.41. The van der Waals surface area contributed by atoms with Gasteiger partial charge in [-0.05, 0) is 38.0 Å². The van der Waals surface area contributed by atoms with Crippen LogP contribution in [0.1, 0.15) is 62.9 Å². The molecule has 1 aromatic heterocycles. The normalized spacial score (nSPS) is 15.1. The Bertz CT molecular complexity index is 812. The highest BCUT2D eigenvalue weighted by Gasteiger charge is 2.35. The summed E-state index contributed by atoms with van der Waals surface area (Å²) in [6.45, 7) is 3.32. The molecule has 0 aliphatic carbocycles. The minimum Gasteiger partial charge on any atom is -0.475 e. The molecule has 0 radical (unpaired) electrons. The Morgan fingerprint density at radius 1 is 1.17 bits per heavy atom. The van der Waals surface area contributed by atoms with Gasteiger partial charge in [0.2, 0.25) is 0 Å². The monoisotopic (exact) mass is 446 g/mol. The summed E-state index contributed by atoms with van der Waals surface area (Å²) in [6.07, 6.45) is 0.156. The number of aromatic nitrogens is 2. The van der Waals surface area contributed by atoms with Crippen LogP contribution in [-0.2, 0) is 11.7 Å². The second-order valence-corrected chi connectivity index (χ2v) is 8.53. The van der Waals surface area contributed by atoms with E-state index in [9.17, 15) is 18.3 Å². The molecule has 0 amide bonds. The first-order chi connectivity index (χ1) is 14.1. The van der Waals surface area contributed by atoms with Crippen molar-refractivity contribution in [2.24, 2.45) is 11.5 Å². The number of aliphatic hydroxyl groups is 1. The van der Waals surface area contributed by atoms with Crippen LogP contribution in [0.2, 0.25) is 0 Å². The largest absolute Gasteiger partial charge is 0.475 e. The summed E-state index contributed by atoms with van der Waals surface area (Å²) < 4.78 is 46.3. The van der Waals surface area contributed by atoms with Crippen LogP contribution in [0.5, 0.6) is 5.75 Å². The maximum Gasteiger partial charge on any atom is 0.419 e. The summed E-state index contributed by atoms with van der Waals surface area (Å²) in [5.74, 6) is -0.309. The van der Waals surface area contributed by atoms with Crippen molar-refractivity contribution in [1.29, 1.82) is 0 Å². The average molecular weight is 447 g/mol. The molecule has 2 rings (SSSR count). The first-order valence-corrected chi connectivity index (χ1v) is 10.8. The van der Waals surface area contributed by atoms with Gasteiger partial charge < -0.3 is 15.6 Å². The van der Waals surface area contributed by atoms with Gasteiger partial charge >= 0.3 is 6.18 Å². The molecule has 0 aliphatic heterocycles. The van der Waals surface area contributed by atoms with Crippen molar-refractivity contribution in [1.82, 2.24) is 10.2 Å². The lowest BCUT2D eigenvalue weighted by molar-refractivity contribution is -0.139. The molecule has 1 aromatic carbocycles. The smallest absolute Gasteiger partial charge is 0.419 e. The van der Waals surface area contributed by atoms with E-state index in [4.69, 9.17) is 16.2 Å². The molecule has 0 aliphatic rings. The number of hydrogen-bond donors (Lipinski definition) is 3. The van der Waals surface area contributed by atoms with E-state index in [1.807, 2.05) is 0 Å². The molecule has 0 saturated heterocycles. The Balaban J connectivity index is 2.18. The molecule has 30 heavy (non-hydrogen) atoms. The quantitative estimate of drug-likeness (QED) is 0.349. The molecule has 0 saturated carbocycles. The molecule has 5 N–H and O–H groups in total. The van der Waals surface area contributed by atoms with E-state index >= 15 is 0 Å². The minimum absolute atomic E-state index is 0.236. The van der Waals surface area contributed by atoms with Crippen LogP contribution < -0.4 is 16.2 Å². The highest BCUT2D eigenvalue weighted by molar-refractivity contribution is 7.14. The van der Waals surface area contributed by atoms with Crippen molar-refractivity contribution >= 4 is 11.3 Å². The molecule has 1 heterocycles. The molecule has 2 atom stereocenters. The zero-order valence-electron chi connectivity index (χ0n) is 17.2. The molecule has 168 valence electrons. The number of nitrogens with two attached hydrogens (primary N) is 2. The molecule has 1 unspecified atom stereocenters. The molecule has 0 fully saturated rings. The van der Waals surface area contributed by atoms with E-state index in [0.29, 0.717) is 11.4 Å². The second kappa shape index (κ2) is 10.5. The molecule has 0 spiro atoms. The van der Waals surface area contributed by atoms with Crippen LogP contribution in [0.4, 0.5) is 13.2 Å². The number of halogens is 3. The lowest BCUT2D eigenvalue weighted by atomic mass is 10.1. The van der Waals surface area contributed by atoms with Crippen LogP contribution >= 0.6 is 11.3 Å². The third-order valence-corrected chi connectivity index (χ3v) is 5.90. The Kier molecular flexibility index (Phi) is 8.60. The van der Waals surface area contributed by atoms with Crippen molar-refractivity contribution in [3.05, 3.63) is 28.8 Å². The van der Waals surface area contributed by atoms with Crippen LogP contribution in [0.25, 0.3) is 10.6 Å². The van der Waals surface area contributed by atoms with Gasteiger partial charge in [0.15, 0.2) is 0 Å². The summed E-state index contributed by atoms with van der Waals surface area (Å²) in [5.41, 5.74) is 10.0. The second-order valence-electron chi connectivity index (χ2n) is 7.56. The molecule has 0 bridgehead atoms. The van der Waals surface area contributed by atoms with E-state index in [2.05, 4.69) is 17.1 Å². The maximum atomic E-state index is 13.6. The van der Waals surface area contributed by atoms with Crippen LogP contribution in [0.15, 0.2) is 18.2 Å². The standard InChI is InChI=1S/C20H29F3N4O2S/c1-3-4-5-6-7-8-16(24)29-15-10-9-13(11-14(15)20(21,22)23)17-26-27-18(30-17)19(2,25)12-28/h9-11,16,28H,3-8,12,24-25H2,1-2H3/t16?,19-/m0/s1. The van der Waals surface area contributed by atoms with Gasteiger partial charge in [0, 0.05) is 5.56 Å². The molecular formula is C20H29F3N4O2S. The summed E-state index contributed by atoms with van der Waals surface area (Å²) in [5, 5.41) is 17.8. The van der Waals surface area contributed by atoms with Gasteiger partial charge in [-0.1, -0.05) is 43.9 Å². The zero-order valence-corrected chi connectivity index (χ0v) is 18.0. The zero-order chi connectivity index (χ0) is 22.4. The van der Waals surface area contributed by atoms with E-state index in [0.717, 1.165) is 49.5 Å². The Morgan fingerprint density at radius 2 is 1.87 bits per heavy atom. The fourth-order valence-electron chi connectivity index (χ4n) is 2.80. The number of nitrogens with zero attached hydrogens (tertiary/aromatic N) is 2. The van der Waals surface area contributed by atoms with Crippen molar-refractivity contribution in [3.8, 4) is 16.3 Å². The highest BCUT2D eigenvalue weighted by Crippen LogP contribution is 2.40. The van der Waals surface area contributed by atoms with Crippen LogP contribution in [-0.4, -0.2) is 28.1 Å². The van der Waals surface area contributed by atoms with E-state index in [1.165, 1.54) is 12.1 Å². The minimum atomic E-state index is -4.62. The van der Waals surface area contributed by atoms with Gasteiger partial charge in [0.1, 0.15) is 22.0 Å². The van der Waals surface area contributed by atoms with Crippen molar-refractivity contribution in [3.63, 3.8) is 0 Å². The fraction of sp³-hybridized carbons (Fsp3) is 0.600. The third-order valence-electron chi connectivity index (χ3n) is 4.64. The number of unbranched alkanes of at least 4 members (excludes halogenated alkanes) is 4. The van der Waals surface area contributed by atoms with Crippen molar-refractivity contribution in [2.75, 3.05) is 6.61 Å². The number of ether oxygens (including phenoxy) is 1.